The molecule has 0 spiro atoms. The van der Waals surface area contributed by atoms with Gasteiger partial charge in [-0.2, -0.15) is 15.5 Å². The third-order valence-electron chi connectivity index (χ3n) is 5.62. The summed E-state index contributed by atoms with van der Waals surface area (Å²) < 4.78 is 3.95. The van der Waals surface area contributed by atoms with Gasteiger partial charge in [0.25, 0.3) is 0 Å². The standard InChI is InChI=1S/C20H22N6S.C2H6/c21-8-15-9-24-26-12-14(7-19(20(15)26)27-18-4-1-5-18)16-10-23-25(13-16)17-3-2-6-22-11-17;1-2/h7,9-10,12-13,17-18,22H,1-6,11H2;1-2H3. The number of thioether (sulfide) groups is 1. The molecule has 1 N–H and O–H groups in total. The van der Waals surface area contributed by atoms with Crippen LogP contribution in [-0.4, -0.2) is 37.7 Å². The maximum absolute atomic E-state index is 9.46. The van der Waals surface area contributed by atoms with Gasteiger partial charge in [0.2, 0.25) is 0 Å². The Morgan fingerprint density at radius 3 is 2.66 bits per heavy atom. The van der Waals surface area contributed by atoms with Crippen molar-refractivity contribution in [2.45, 2.75) is 62.1 Å². The maximum Gasteiger partial charge on any atom is 0.103 e. The first-order chi connectivity index (χ1) is 14.3. The zero-order chi connectivity index (χ0) is 20.2. The molecule has 0 radical (unpaired) electrons. The van der Waals surface area contributed by atoms with Crippen molar-refractivity contribution in [2.24, 2.45) is 0 Å². The van der Waals surface area contributed by atoms with Crippen LogP contribution in [0.1, 0.15) is 57.6 Å². The van der Waals surface area contributed by atoms with Gasteiger partial charge in [0.15, 0.2) is 0 Å². The maximum atomic E-state index is 9.46. The fourth-order valence-corrected chi connectivity index (χ4v) is 5.27. The Morgan fingerprint density at radius 2 is 1.97 bits per heavy atom. The molecule has 1 saturated heterocycles. The van der Waals surface area contributed by atoms with Crippen LogP contribution < -0.4 is 5.32 Å². The topological polar surface area (TPSA) is 70.9 Å². The van der Waals surface area contributed by atoms with Crippen molar-refractivity contribution in [2.75, 3.05) is 13.1 Å². The average molecular weight is 409 g/mol. The van der Waals surface area contributed by atoms with E-state index in [1.165, 1.54) is 32.1 Å². The SMILES string of the molecule is CC.N#Cc1cnn2cc(-c3cnn(C4CCCNC4)c3)cc(SC3CCC3)c12. The number of rotatable bonds is 4. The minimum atomic E-state index is 0.426. The monoisotopic (exact) mass is 408 g/mol. The number of pyridine rings is 1. The molecule has 0 aromatic carbocycles. The lowest BCUT2D eigenvalue weighted by atomic mass is 10.00. The predicted molar refractivity (Wildman–Crippen MR) is 117 cm³/mol. The van der Waals surface area contributed by atoms with E-state index in [2.05, 4.69) is 38.5 Å². The fourth-order valence-electron chi connectivity index (χ4n) is 3.83. The molecule has 4 heterocycles. The Morgan fingerprint density at radius 1 is 1.10 bits per heavy atom. The summed E-state index contributed by atoms with van der Waals surface area (Å²) in [4.78, 5) is 1.15. The highest BCUT2D eigenvalue weighted by atomic mass is 32.2. The minimum absolute atomic E-state index is 0.426. The number of hydrogen-bond donors (Lipinski definition) is 1. The van der Waals surface area contributed by atoms with E-state index < -0.39 is 0 Å². The molecule has 3 aromatic heterocycles. The molecule has 1 saturated carbocycles. The van der Waals surface area contributed by atoms with Gasteiger partial charge in [0.1, 0.15) is 6.07 Å². The molecular formula is C22H28N6S. The van der Waals surface area contributed by atoms with Crippen LogP contribution in [0.25, 0.3) is 16.6 Å². The fraction of sp³-hybridized carbons (Fsp3) is 0.500. The van der Waals surface area contributed by atoms with Crippen LogP contribution in [0.4, 0.5) is 0 Å². The third-order valence-corrected chi connectivity index (χ3v) is 6.99. The summed E-state index contributed by atoms with van der Waals surface area (Å²) in [7, 11) is 0. The molecule has 5 rings (SSSR count). The second kappa shape index (κ2) is 9.02. The molecule has 3 aromatic rings. The predicted octanol–water partition coefficient (Wildman–Crippen LogP) is 4.66. The summed E-state index contributed by atoms with van der Waals surface area (Å²) in [6.45, 7) is 6.08. The van der Waals surface area contributed by atoms with Crippen molar-refractivity contribution >= 4 is 17.3 Å². The molecule has 2 fully saturated rings. The average Bonchev–Trinajstić information content (AvgIpc) is 3.40. The minimum Gasteiger partial charge on any atom is -0.315 e. The number of nitrogens with zero attached hydrogens (tertiary/aromatic N) is 5. The van der Waals surface area contributed by atoms with Crippen molar-refractivity contribution in [1.82, 2.24) is 24.7 Å². The van der Waals surface area contributed by atoms with Crippen LogP contribution in [-0.2, 0) is 0 Å². The normalized spacial score (nSPS) is 19.3. The highest BCUT2D eigenvalue weighted by Gasteiger charge is 2.22. The lowest BCUT2D eigenvalue weighted by molar-refractivity contribution is 0.347. The lowest BCUT2D eigenvalue weighted by Crippen LogP contribution is -2.31. The van der Waals surface area contributed by atoms with Gasteiger partial charge >= 0.3 is 0 Å². The van der Waals surface area contributed by atoms with Gasteiger partial charge in [0.05, 0.1) is 29.5 Å². The molecule has 152 valence electrons. The molecule has 0 amide bonds. The van der Waals surface area contributed by atoms with E-state index in [4.69, 9.17) is 0 Å². The largest absolute Gasteiger partial charge is 0.315 e. The first kappa shape index (κ1) is 20.0. The summed E-state index contributed by atoms with van der Waals surface area (Å²) in [6.07, 6.45) is 13.9. The van der Waals surface area contributed by atoms with Gasteiger partial charge in [-0.15, -0.1) is 11.8 Å². The molecule has 0 bridgehead atoms. The van der Waals surface area contributed by atoms with Crippen molar-refractivity contribution in [3.8, 4) is 17.2 Å². The quantitative estimate of drug-likeness (QED) is 0.679. The third kappa shape index (κ3) is 4.05. The summed E-state index contributed by atoms with van der Waals surface area (Å²) in [6, 6.07) is 4.92. The Bertz CT molecular complexity index is 1000. The Balaban J connectivity index is 0.000000994. The molecule has 29 heavy (non-hydrogen) atoms. The van der Waals surface area contributed by atoms with E-state index in [0.717, 1.165) is 34.6 Å². The second-order valence-electron chi connectivity index (χ2n) is 7.44. The zero-order valence-electron chi connectivity index (χ0n) is 17.1. The summed E-state index contributed by atoms with van der Waals surface area (Å²) >= 11 is 1.89. The van der Waals surface area contributed by atoms with E-state index in [9.17, 15) is 5.26 Å². The van der Waals surface area contributed by atoms with E-state index in [1.807, 2.05) is 42.5 Å². The lowest BCUT2D eigenvalue weighted by Gasteiger charge is -2.25. The molecule has 1 unspecified atom stereocenters. The number of nitriles is 1. The van der Waals surface area contributed by atoms with Crippen LogP contribution in [0.15, 0.2) is 35.7 Å². The van der Waals surface area contributed by atoms with Crippen LogP contribution in [0.3, 0.4) is 0 Å². The van der Waals surface area contributed by atoms with E-state index in [0.29, 0.717) is 16.9 Å². The molecule has 1 atom stereocenters. The molecule has 1 aliphatic carbocycles. The van der Waals surface area contributed by atoms with Gasteiger partial charge in [-0.05, 0) is 38.3 Å². The van der Waals surface area contributed by atoms with Gasteiger partial charge < -0.3 is 5.32 Å². The molecule has 7 heteroatoms. The van der Waals surface area contributed by atoms with Crippen molar-refractivity contribution in [1.29, 1.82) is 5.26 Å². The number of aromatic nitrogens is 4. The van der Waals surface area contributed by atoms with Gasteiger partial charge in [-0.1, -0.05) is 20.3 Å². The molecule has 1 aliphatic heterocycles. The van der Waals surface area contributed by atoms with Crippen LogP contribution >= 0.6 is 11.8 Å². The van der Waals surface area contributed by atoms with Crippen LogP contribution in [0.5, 0.6) is 0 Å². The number of nitrogens with one attached hydrogen (secondary N) is 1. The second-order valence-corrected chi connectivity index (χ2v) is 8.78. The number of fused-ring (bicyclic) bond motifs is 1. The number of hydrogen-bond acceptors (Lipinski definition) is 5. The highest BCUT2D eigenvalue weighted by Crippen LogP contribution is 2.40. The molecule has 2 aliphatic rings. The van der Waals surface area contributed by atoms with Gasteiger partial charge in [-0.3, -0.25) is 4.68 Å². The van der Waals surface area contributed by atoms with Crippen molar-refractivity contribution < 1.29 is 0 Å². The molecular weight excluding hydrogens is 380 g/mol. The Kier molecular flexibility index (Phi) is 6.22. The first-order valence-electron chi connectivity index (χ1n) is 10.7. The summed E-state index contributed by atoms with van der Waals surface area (Å²) in [5.74, 6) is 0. The van der Waals surface area contributed by atoms with E-state index in [1.54, 1.807) is 6.20 Å². The van der Waals surface area contributed by atoms with Crippen molar-refractivity contribution in [3.63, 3.8) is 0 Å². The summed E-state index contributed by atoms with van der Waals surface area (Å²) in [5, 5.41) is 22.6. The molecule has 6 nitrogen and oxygen atoms in total. The highest BCUT2D eigenvalue weighted by molar-refractivity contribution is 8.00. The van der Waals surface area contributed by atoms with Crippen LogP contribution in [0.2, 0.25) is 0 Å². The van der Waals surface area contributed by atoms with Gasteiger partial charge in [-0.25, -0.2) is 4.52 Å². The van der Waals surface area contributed by atoms with E-state index in [-0.39, 0.29) is 0 Å². The van der Waals surface area contributed by atoms with Gasteiger partial charge in [0, 0.05) is 40.2 Å². The van der Waals surface area contributed by atoms with E-state index >= 15 is 0 Å². The van der Waals surface area contributed by atoms with Crippen molar-refractivity contribution in [3.05, 3.63) is 36.4 Å². The number of piperidine rings is 1. The zero-order valence-corrected chi connectivity index (χ0v) is 18.0. The summed E-state index contributed by atoms with van der Waals surface area (Å²) in [5.41, 5.74) is 3.79. The Labute approximate surface area is 176 Å². The van der Waals surface area contributed by atoms with Crippen LogP contribution in [0, 0.1) is 11.3 Å². The first-order valence-corrected chi connectivity index (χ1v) is 11.5. The smallest absolute Gasteiger partial charge is 0.103 e. The Hall–Kier alpha value is -2.30.